The Labute approximate surface area is 128 Å². The standard InChI is InChI=1S/C15H14ClN3O2/c1-3-4-14-18-13(16)8-15(19-14)21-12-6-10(9-17)5-11(7-12)20-2/h5-8H,3-4H2,1-2H3. The summed E-state index contributed by atoms with van der Waals surface area (Å²) in [5, 5.41) is 9.32. The Morgan fingerprint density at radius 3 is 2.62 bits per heavy atom. The quantitative estimate of drug-likeness (QED) is 0.787. The van der Waals surface area contributed by atoms with Gasteiger partial charge in [0.1, 0.15) is 22.5 Å². The topological polar surface area (TPSA) is 68.0 Å². The number of aromatic nitrogens is 2. The molecule has 0 aliphatic rings. The molecule has 2 rings (SSSR count). The summed E-state index contributed by atoms with van der Waals surface area (Å²) in [6, 6.07) is 8.50. The van der Waals surface area contributed by atoms with Gasteiger partial charge in [0, 0.05) is 18.6 Å². The van der Waals surface area contributed by atoms with Crippen molar-refractivity contribution in [1.29, 1.82) is 5.26 Å². The first-order valence-electron chi connectivity index (χ1n) is 6.45. The van der Waals surface area contributed by atoms with Crippen molar-refractivity contribution >= 4 is 11.6 Å². The maximum atomic E-state index is 9.00. The Morgan fingerprint density at radius 2 is 1.95 bits per heavy atom. The number of methoxy groups -OCH3 is 1. The third kappa shape index (κ3) is 4.07. The van der Waals surface area contributed by atoms with Crippen LogP contribution in [0, 0.1) is 11.3 Å². The lowest BCUT2D eigenvalue weighted by atomic mass is 10.2. The van der Waals surface area contributed by atoms with E-state index < -0.39 is 0 Å². The van der Waals surface area contributed by atoms with Gasteiger partial charge in [-0.05, 0) is 18.6 Å². The molecule has 0 fully saturated rings. The monoisotopic (exact) mass is 303 g/mol. The largest absolute Gasteiger partial charge is 0.497 e. The molecule has 5 nitrogen and oxygen atoms in total. The van der Waals surface area contributed by atoms with Gasteiger partial charge in [-0.1, -0.05) is 18.5 Å². The van der Waals surface area contributed by atoms with Gasteiger partial charge in [0.2, 0.25) is 5.88 Å². The third-order valence-corrected chi connectivity index (χ3v) is 2.85. The SMILES string of the molecule is CCCc1nc(Cl)cc(Oc2cc(C#N)cc(OC)c2)n1. The molecule has 1 heterocycles. The zero-order valence-corrected chi connectivity index (χ0v) is 12.5. The van der Waals surface area contributed by atoms with Crippen LogP contribution in [0.5, 0.6) is 17.4 Å². The molecule has 0 aliphatic heterocycles. The van der Waals surface area contributed by atoms with Gasteiger partial charge in [-0.2, -0.15) is 10.2 Å². The molecule has 108 valence electrons. The highest BCUT2D eigenvalue weighted by Crippen LogP contribution is 2.27. The number of nitrogens with zero attached hydrogens (tertiary/aromatic N) is 3. The van der Waals surface area contributed by atoms with Crippen molar-refractivity contribution in [2.45, 2.75) is 19.8 Å². The van der Waals surface area contributed by atoms with Crippen molar-refractivity contribution in [1.82, 2.24) is 9.97 Å². The van der Waals surface area contributed by atoms with Gasteiger partial charge in [-0.15, -0.1) is 0 Å². The molecule has 0 N–H and O–H groups in total. The van der Waals surface area contributed by atoms with E-state index in [0.717, 1.165) is 12.8 Å². The van der Waals surface area contributed by atoms with Crippen molar-refractivity contribution in [2.24, 2.45) is 0 Å². The molecular weight excluding hydrogens is 290 g/mol. The highest BCUT2D eigenvalue weighted by Gasteiger charge is 2.07. The number of benzene rings is 1. The van der Waals surface area contributed by atoms with Gasteiger partial charge in [-0.3, -0.25) is 0 Å². The molecule has 6 heteroatoms. The second-order valence-electron chi connectivity index (χ2n) is 4.31. The van der Waals surface area contributed by atoms with Gasteiger partial charge in [0.05, 0.1) is 18.7 Å². The number of hydrogen-bond acceptors (Lipinski definition) is 5. The Bertz CT molecular complexity index is 683. The molecule has 0 unspecified atom stereocenters. The van der Waals surface area contributed by atoms with Crippen molar-refractivity contribution in [2.75, 3.05) is 7.11 Å². The van der Waals surface area contributed by atoms with Crippen LogP contribution in [-0.4, -0.2) is 17.1 Å². The second kappa shape index (κ2) is 6.91. The number of ether oxygens (including phenoxy) is 2. The zero-order valence-electron chi connectivity index (χ0n) is 11.8. The van der Waals surface area contributed by atoms with E-state index in [4.69, 9.17) is 26.3 Å². The minimum atomic E-state index is 0.326. The van der Waals surface area contributed by atoms with E-state index in [1.165, 1.54) is 13.2 Å². The first-order chi connectivity index (χ1) is 10.1. The molecule has 0 aliphatic carbocycles. The first kappa shape index (κ1) is 15.1. The lowest BCUT2D eigenvalue weighted by Gasteiger charge is -2.08. The third-order valence-electron chi connectivity index (χ3n) is 2.66. The van der Waals surface area contributed by atoms with Crippen molar-refractivity contribution in [3.05, 3.63) is 40.8 Å². The van der Waals surface area contributed by atoms with Crippen LogP contribution in [0.3, 0.4) is 0 Å². The number of halogens is 1. The number of hydrogen-bond donors (Lipinski definition) is 0. The lowest BCUT2D eigenvalue weighted by molar-refractivity contribution is 0.406. The Kier molecular flexibility index (Phi) is 4.96. The molecule has 0 radical (unpaired) electrons. The summed E-state index contributed by atoms with van der Waals surface area (Å²) in [6.07, 6.45) is 1.63. The van der Waals surface area contributed by atoms with E-state index in [1.807, 2.05) is 6.92 Å². The molecule has 0 bridgehead atoms. The van der Waals surface area contributed by atoms with E-state index in [0.29, 0.717) is 33.9 Å². The predicted octanol–water partition coefficient (Wildman–Crippen LogP) is 3.76. The zero-order chi connectivity index (χ0) is 15.2. The average Bonchev–Trinajstić information content (AvgIpc) is 2.46. The van der Waals surface area contributed by atoms with Gasteiger partial charge in [0.25, 0.3) is 0 Å². The van der Waals surface area contributed by atoms with E-state index >= 15 is 0 Å². The summed E-state index contributed by atoms with van der Waals surface area (Å²) in [5.74, 6) is 1.97. The summed E-state index contributed by atoms with van der Waals surface area (Å²) in [6.45, 7) is 2.03. The first-order valence-corrected chi connectivity index (χ1v) is 6.83. The fourth-order valence-electron chi connectivity index (χ4n) is 1.76. The molecule has 0 atom stereocenters. The van der Waals surface area contributed by atoms with Crippen LogP contribution in [0.1, 0.15) is 24.7 Å². The fourth-order valence-corrected chi connectivity index (χ4v) is 1.95. The summed E-state index contributed by atoms with van der Waals surface area (Å²) in [5.41, 5.74) is 0.443. The summed E-state index contributed by atoms with van der Waals surface area (Å²) >= 11 is 5.96. The van der Waals surface area contributed by atoms with Gasteiger partial charge in [0.15, 0.2) is 0 Å². The van der Waals surface area contributed by atoms with Crippen LogP contribution in [0.2, 0.25) is 5.15 Å². The fraction of sp³-hybridized carbons (Fsp3) is 0.267. The minimum Gasteiger partial charge on any atom is -0.497 e. The van der Waals surface area contributed by atoms with Gasteiger partial charge in [-0.25, -0.2) is 4.98 Å². The summed E-state index contributed by atoms with van der Waals surface area (Å²) in [4.78, 5) is 8.42. The maximum Gasteiger partial charge on any atom is 0.224 e. The van der Waals surface area contributed by atoms with Crippen LogP contribution in [0.25, 0.3) is 0 Å². The molecular formula is C15H14ClN3O2. The van der Waals surface area contributed by atoms with Crippen molar-refractivity contribution in [3.63, 3.8) is 0 Å². The summed E-state index contributed by atoms with van der Waals surface area (Å²) < 4.78 is 10.8. The van der Waals surface area contributed by atoms with E-state index in [-0.39, 0.29) is 0 Å². The van der Waals surface area contributed by atoms with Crippen molar-refractivity contribution in [3.8, 4) is 23.4 Å². The van der Waals surface area contributed by atoms with Crippen LogP contribution in [-0.2, 0) is 6.42 Å². The van der Waals surface area contributed by atoms with Crippen LogP contribution in [0.4, 0.5) is 0 Å². The molecule has 0 amide bonds. The van der Waals surface area contributed by atoms with E-state index in [2.05, 4.69) is 16.0 Å². The van der Waals surface area contributed by atoms with E-state index in [1.54, 1.807) is 18.2 Å². The van der Waals surface area contributed by atoms with Crippen LogP contribution >= 0.6 is 11.6 Å². The molecule has 0 saturated carbocycles. The van der Waals surface area contributed by atoms with Gasteiger partial charge < -0.3 is 9.47 Å². The molecule has 1 aromatic carbocycles. The Balaban J connectivity index is 2.31. The highest BCUT2D eigenvalue weighted by atomic mass is 35.5. The van der Waals surface area contributed by atoms with Crippen molar-refractivity contribution < 1.29 is 9.47 Å². The Morgan fingerprint density at radius 1 is 1.19 bits per heavy atom. The van der Waals surface area contributed by atoms with Crippen LogP contribution in [0.15, 0.2) is 24.3 Å². The predicted molar refractivity (Wildman–Crippen MR) is 78.8 cm³/mol. The highest BCUT2D eigenvalue weighted by molar-refractivity contribution is 6.29. The minimum absolute atomic E-state index is 0.326. The lowest BCUT2D eigenvalue weighted by Crippen LogP contribution is -1.98. The normalized spacial score (nSPS) is 10.0. The van der Waals surface area contributed by atoms with Crippen LogP contribution < -0.4 is 9.47 Å². The average molecular weight is 304 g/mol. The number of aryl methyl sites for hydroxylation is 1. The van der Waals surface area contributed by atoms with Gasteiger partial charge >= 0.3 is 0 Å². The molecule has 0 spiro atoms. The summed E-state index contributed by atoms with van der Waals surface area (Å²) in [7, 11) is 1.53. The smallest absolute Gasteiger partial charge is 0.224 e. The maximum absolute atomic E-state index is 9.00. The Hall–Kier alpha value is -2.32. The van der Waals surface area contributed by atoms with E-state index in [9.17, 15) is 0 Å². The molecule has 0 saturated heterocycles. The number of nitriles is 1. The second-order valence-corrected chi connectivity index (χ2v) is 4.69. The number of rotatable bonds is 5. The molecule has 21 heavy (non-hydrogen) atoms. The molecule has 1 aromatic heterocycles. The molecule has 2 aromatic rings.